The summed E-state index contributed by atoms with van der Waals surface area (Å²) in [6, 6.07) is 7.24. The molecule has 100 valence electrons. The zero-order valence-corrected chi connectivity index (χ0v) is 12.0. The molecule has 1 rings (SSSR count). The second-order valence-electron chi connectivity index (χ2n) is 4.73. The first kappa shape index (κ1) is 14.8. The zero-order chi connectivity index (χ0) is 13.7. The monoisotopic (exact) mass is 269 g/mol. The van der Waals surface area contributed by atoms with Gasteiger partial charge in [-0.1, -0.05) is 37.6 Å². The number of hydrogen-bond donors (Lipinski definition) is 1. The molecule has 0 heterocycles. The van der Waals surface area contributed by atoms with E-state index in [4.69, 9.17) is 16.3 Å². The number of nitrogens with one attached hydrogen (secondary N) is 1. The number of halogens is 1. The molecule has 0 aliphatic rings. The van der Waals surface area contributed by atoms with Crippen molar-refractivity contribution in [3.05, 3.63) is 29.3 Å². The van der Waals surface area contributed by atoms with Crippen LogP contribution >= 0.6 is 11.6 Å². The molecule has 0 unspecified atom stereocenters. The summed E-state index contributed by atoms with van der Waals surface area (Å²) < 4.78 is 5.54. The smallest absolute Gasteiger partial charge is 0.260 e. The molecule has 1 aromatic rings. The summed E-state index contributed by atoms with van der Waals surface area (Å²) >= 11 is 5.97. The van der Waals surface area contributed by atoms with Crippen LogP contribution in [0.1, 0.15) is 27.7 Å². The van der Waals surface area contributed by atoms with Crippen molar-refractivity contribution in [3.63, 3.8) is 0 Å². The summed E-state index contributed by atoms with van der Waals surface area (Å²) in [4.78, 5) is 11.9. The van der Waals surface area contributed by atoms with E-state index in [1.807, 2.05) is 19.1 Å². The quantitative estimate of drug-likeness (QED) is 0.891. The topological polar surface area (TPSA) is 38.3 Å². The first-order chi connectivity index (χ1) is 8.41. The third-order valence-corrected chi connectivity index (χ3v) is 3.19. The van der Waals surface area contributed by atoms with Crippen molar-refractivity contribution >= 4 is 17.5 Å². The molecule has 0 saturated heterocycles. The first-order valence-electron chi connectivity index (χ1n) is 6.13. The summed E-state index contributed by atoms with van der Waals surface area (Å²) in [5.41, 5.74) is 0. The van der Waals surface area contributed by atoms with Gasteiger partial charge in [-0.2, -0.15) is 0 Å². The molecule has 0 aromatic heterocycles. The molecule has 4 heteroatoms. The van der Waals surface area contributed by atoms with Gasteiger partial charge >= 0.3 is 0 Å². The average Bonchev–Trinajstić information content (AvgIpc) is 2.31. The van der Waals surface area contributed by atoms with Crippen LogP contribution in [-0.2, 0) is 4.79 Å². The standard InChI is InChI=1S/C14H20ClNO2/c1-9(2)10(3)16-14(17)11(4)18-13-8-6-5-7-12(13)15/h5-11H,1-4H3,(H,16,17)/t10-,11-/m0/s1. The molecular weight excluding hydrogens is 250 g/mol. The number of hydrogen-bond acceptors (Lipinski definition) is 2. The van der Waals surface area contributed by atoms with Gasteiger partial charge in [0.05, 0.1) is 5.02 Å². The summed E-state index contributed by atoms with van der Waals surface area (Å²) in [6.07, 6.45) is -0.564. The van der Waals surface area contributed by atoms with Crippen LogP contribution in [0.2, 0.25) is 5.02 Å². The van der Waals surface area contributed by atoms with E-state index < -0.39 is 6.10 Å². The van der Waals surface area contributed by atoms with Crippen molar-refractivity contribution < 1.29 is 9.53 Å². The van der Waals surface area contributed by atoms with E-state index in [2.05, 4.69) is 19.2 Å². The fourth-order valence-electron chi connectivity index (χ4n) is 1.29. The highest BCUT2D eigenvalue weighted by atomic mass is 35.5. The van der Waals surface area contributed by atoms with E-state index in [9.17, 15) is 4.79 Å². The van der Waals surface area contributed by atoms with Gasteiger partial charge in [0.15, 0.2) is 6.10 Å². The highest BCUT2D eigenvalue weighted by molar-refractivity contribution is 6.32. The minimum Gasteiger partial charge on any atom is -0.479 e. The Labute approximate surface area is 113 Å². The molecule has 0 bridgehead atoms. The summed E-state index contributed by atoms with van der Waals surface area (Å²) in [7, 11) is 0. The largest absolute Gasteiger partial charge is 0.479 e. The Balaban J connectivity index is 2.58. The number of carbonyl (C=O) groups excluding carboxylic acids is 1. The number of para-hydroxylation sites is 1. The van der Waals surface area contributed by atoms with E-state index in [-0.39, 0.29) is 11.9 Å². The van der Waals surface area contributed by atoms with Crippen LogP contribution in [0.15, 0.2) is 24.3 Å². The lowest BCUT2D eigenvalue weighted by Gasteiger charge is -2.21. The lowest BCUT2D eigenvalue weighted by molar-refractivity contribution is -0.128. The number of carbonyl (C=O) groups is 1. The molecular formula is C14H20ClNO2. The van der Waals surface area contributed by atoms with E-state index in [1.54, 1.807) is 19.1 Å². The molecule has 1 N–H and O–H groups in total. The lowest BCUT2D eigenvalue weighted by atomic mass is 10.1. The molecule has 0 spiro atoms. The van der Waals surface area contributed by atoms with Crippen molar-refractivity contribution in [2.75, 3.05) is 0 Å². The molecule has 1 amide bonds. The second-order valence-corrected chi connectivity index (χ2v) is 5.14. The Morgan fingerprint density at radius 2 is 1.83 bits per heavy atom. The van der Waals surface area contributed by atoms with Gasteiger partial charge in [-0.25, -0.2) is 0 Å². The zero-order valence-electron chi connectivity index (χ0n) is 11.2. The summed E-state index contributed by atoms with van der Waals surface area (Å²) in [5.74, 6) is 0.789. The van der Waals surface area contributed by atoms with Gasteiger partial charge in [0.25, 0.3) is 5.91 Å². The Kier molecular flexibility index (Phi) is 5.48. The maximum absolute atomic E-state index is 11.9. The first-order valence-corrected chi connectivity index (χ1v) is 6.51. The Morgan fingerprint density at radius 1 is 1.22 bits per heavy atom. The van der Waals surface area contributed by atoms with Crippen LogP contribution in [0.4, 0.5) is 0 Å². The highest BCUT2D eigenvalue weighted by Gasteiger charge is 2.18. The second kappa shape index (κ2) is 6.64. The Bertz CT molecular complexity index is 407. The fraction of sp³-hybridized carbons (Fsp3) is 0.500. The van der Waals surface area contributed by atoms with E-state index in [1.165, 1.54) is 0 Å². The van der Waals surface area contributed by atoms with Crippen molar-refractivity contribution in [2.24, 2.45) is 5.92 Å². The maximum atomic E-state index is 11.9. The molecule has 0 saturated carbocycles. The minimum absolute atomic E-state index is 0.120. The third kappa shape index (κ3) is 4.22. The van der Waals surface area contributed by atoms with Crippen LogP contribution < -0.4 is 10.1 Å². The highest BCUT2D eigenvalue weighted by Crippen LogP contribution is 2.24. The summed E-state index contributed by atoms with van der Waals surface area (Å²) in [6.45, 7) is 7.81. The van der Waals surface area contributed by atoms with Crippen LogP contribution in [-0.4, -0.2) is 18.1 Å². The van der Waals surface area contributed by atoms with Crippen LogP contribution in [0.3, 0.4) is 0 Å². The van der Waals surface area contributed by atoms with Crippen molar-refractivity contribution in [3.8, 4) is 5.75 Å². The molecule has 0 aliphatic carbocycles. The van der Waals surface area contributed by atoms with Gasteiger partial charge in [0.2, 0.25) is 0 Å². The number of amides is 1. The summed E-state index contributed by atoms with van der Waals surface area (Å²) in [5, 5.41) is 3.42. The normalized spacial score (nSPS) is 14.1. The number of rotatable bonds is 5. The van der Waals surface area contributed by atoms with Gasteiger partial charge in [0.1, 0.15) is 5.75 Å². The van der Waals surface area contributed by atoms with Gasteiger partial charge in [-0.3, -0.25) is 4.79 Å². The maximum Gasteiger partial charge on any atom is 0.260 e. The van der Waals surface area contributed by atoms with Crippen LogP contribution in [0.25, 0.3) is 0 Å². The molecule has 1 aromatic carbocycles. The fourth-order valence-corrected chi connectivity index (χ4v) is 1.47. The van der Waals surface area contributed by atoms with Gasteiger partial charge in [0, 0.05) is 6.04 Å². The van der Waals surface area contributed by atoms with Gasteiger partial charge in [-0.15, -0.1) is 0 Å². The minimum atomic E-state index is -0.564. The predicted octanol–water partition coefficient (Wildman–Crippen LogP) is 3.27. The molecule has 0 fully saturated rings. The SMILES string of the molecule is CC(C)[C@H](C)NC(=O)[C@H](C)Oc1ccccc1Cl. The number of ether oxygens (including phenoxy) is 1. The van der Waals surface area contributed by atoms with Gasteiger partial charge in [-0.05, 0) is 31.9 Å². The third-order valence-electron chi connectivity index (χ3n) is 2.88. The van der Waals surface area contributed by atoms with Crippen molar-refractivity contribution in [2.45, 2.75) is 39.8 Å². The average molecular weight is 270 g/mol. The Morgan fingerprint density at radius 3 is 2.39 bits per heavy atom. The lowest BCUT2D eigenvalue weighted by Crippen LogP contribution is -2.43. The van der Waals surface area contributed by atoms with E-state index >= 15 is 0 Å². The van der Waals surface area contributed by atoms with Crippen molar-refractivity contribution in [1.82, 2.24) is 5.32 Å². The molecule has 18 heavy (non-hydrogen) atoms. The molecule has 3 nitrogen and oxygen atoms in total. The van der Waals surface area contributed by atoms with E-state index in [0.717, 1.165) is 0 Å². The van der Waals surface area contributed by atoms with Crippen LogP contribution in [0.5, 0.6) is 5.75 Å². The molecule has 0 aliphatic heterocycles. The number of benzene rings is 1. The van der Waals surface area contributed by atoms with E-state index in [0.29, 0.717) is 16.7 Å². The van der Waals surface area contributed by atoms with Crippen LogP contribution in [0, 0.1) is 5.92 Å². The van der Waals surface area contributed by atoms with Crippen molar-refractivity contribution in [1.29, 1.82) is 0 Å². The Hall–Kier alpha value is -1.22. The predicted molar refractivity (Wildman–Crippen MR) is 74.0 cm³/mol. The van der Waals surface area contributed by atoms with Gasteiger partial charge < -0.3 is 10.1 Å². The molecule has 0 radical (unpaired) electrons. The molecule has 2 atom stereocenters.